The van der Waals surface area contributed by atoms with Crippen molar-refractivity contribution in [3.05, 3.63) is 53.1 Å². The minimum absolute atomic E-state index is 0.0901. The molecular weight excluding hydrogens is 382 g/mol. The van der Waals surface area contributed by atoms with Gasteiger partial charge in [-0.1, -0.05) is 13.0 Å². The molecule has 2 atom stereocenters. The van der Waals surface area contributed by atoms with Crippen LogP contribution < -0.4 is 14.2 Å². The SMILES string of the molecule is CCC(C(=O)O)[C@@H]1CCc2cc(OCCCOc3ccc(C#N)cc3OC)ccc21. The molecule has 0 radical (unpaired) electrons. The van der Waals surface area contributed by atoms with Crippen LogP contribution in [0.4, 0.5) is 0 Å². The summed E-state index contributed by atoms with van der Waals surface area (Å²) in [6.07, 6.45) is 3.11. The van der Waals surface area contributed by atoms with E-state index in [0.29, 0.717) is 43.1 Å². The highest BCUT2D eigenvalue weighted by Gasteiger charge is 2.33. The number of nitrogens with zero attached hydrogens (tertiary/aromatic N) is 1. The van der Waals surface area contributed by atoms with Crippen molar-refractivity contribution in [2.24, 2.45) is 5.92 Å². The van der Waals surface area contributed by atoms with Crippen LogP contribution in [0.2, 0.25) is 0 Å². The normalized spacial score (nSPS) is 15.7. The van der Waals surface area contributed by atoms with E-state index in [1.807, 2.05) is 25.1 Å². The summed E-state index contributed by atoms with van der Waals surface area (Å²) in [6.45, 7) is 2.91. The van der Waals surface area contributed by atoms with Gasteiger partial charge in [-0.05, 0) is 60.6 Å². The van der Waals surface area contributed by atoms with E-state index in [4.69, 9.17) is 19.5 Å². The Bertz CT molecular complexity index is 934. The van der Waals surface area contributed by atoms with E-state index in [-0.39, 0.29) is 11.8 Å². The number of carboxylic acids is 1. The molecule has 1 aliphatic rings. The number of methoxy groups -OCH3 is 1. The number of benzene rings is 2. The Balaban J connectivity index is 1.50. The largest absolute Gasteiger partial charge is 0.493 e. The molecule has 0 saturated heterocycles. The van der Waals surface area contributed by atoms with Gasteiger partial charge in [-0.3, -0.25) is 4.79 Å². The number of fused-ring (bicyclic) bond motifs is 1. The van der Waals surface area contributed by atoms with Crippen molar-refractivity contribution in [3.63, 3.8) is 0 Å². The fraction of sp³-hybridized carbons (Fsp3) is 0.417. The van der Waals surface area contributed by atoms with Gasteiger partial charge in [0.15, 0.2) is 11.5 Å². The monoisotopic (exact) mass is 409 g/mol. The molecular formula is C24H27NO5. The number of ether oxygens (including phenoxy) is 3. The predicted octanol–water partition coefficient (Wildman–Crippen LogP) is 4.56. The first-order chi connectivity index (χ1) is 14.6. The number of hydrogen-bond donors (Lipinski definition) is 1. The minimum Gasteiger partial charge on any atom is -0.493 e. The van der Waals surface area contributed by atoms with E-state index in [1.165, 1.54) is 5.56 Å². The number of nitriles is 1. The third-order valence-corrected chi connectivity index (χ3v) is 5.59. The molecule has 1 unspecified atom stereocenters. The highest BCUT2D eigenvalue weighted by atomic mass is 16.5. The third kappa shape index (κ3) is 4.85. The molecule has 0 fully saturated rings. The average Bonchev–Trinajstić information content (AvgIpc) is 3.16. The Hall–Kier alpha value is -3.20. The fourth-order valence-corrected chi connectivity index (χ4v) is 4.05. The molecule has 0 aromatic heterocycles. The summed E-state index contributed by atoms with van der Waals surface area (Å²) >= 11 is 0. The number of aryl methyl sites for hydroxylation is 1. The van der Waals surface area contributed by atoms with Crippen LogP contribution in [0.15, 0.2) is 36.4 Å². The number of carbonyl (C=O) groups is 1. The highest BCUT2D eigenvalue weighted by molar-refractivity contribution is 5.72. The van der Waals surface area contributed by atoms with Crippen molar-refractivity contribution in [2.45, 2.75) is 38.5 Å². The van der Waals surface area contributed by atoms with Crippen molar-refractivity contribution in [2.75, 3.05) is 20.3 Å². The lowest BCUT2D eigenvalue weighted by atomic mass is 9.85. The summed E-state index contributed by atoms with van der Waals surface area (Å²) in [5, 5.41) is 18.4. The van der Waals surface area contributed by atoms with Crippen molar-refractivity contribution < 1.29 is 24.1 Å². The van der Waals surface area contributed by atoms with Crippen LogP contribution in [0.1, 0.15) is 48.8 Å². The zero-order chi connectivity index (χ0) is 21.5. The van der Waals surface area contributed by atoms with Gasteiger partial charge < -0.3 is 19.3 Å². The second-order valence-corrected chi connectivity index (χ2v) is 7.39. The topological polar surface area (TPSA) is 88.8 Å². The molecule has 0 spiro atoms. The van der Waals surface area contributed by atoms with Gasteiger partial charge in [0, 0.05) is 12.5 Å². The van der Waals surface area contributed by atoms with Crippen LogP contribution >= 0.6 is 0 Å². The van der Waals surface area contributed by atoms with Crippen LogP contribution in [-0.4, -0.2) is 31.4 Å². The standard InChI is InChI=1S/C24H27NO5/c1-3-19(24(26)27)21-8-6-17-14-18(7-9-20(17)21)29-11-4-12-30-22-10-5-16(15-25)13-23(22)28-2/h5,7,9-10,13-14,19,21H,3-4,6,8,11-12H2,1-2H3,(H,26,27)/t19?,21-/m0/s1. The van der Waals surface area contributed by atoms with E-state index in [1.54, 1.807) is 25.3 Å². The second kappa shape index (κ2) is 10.0. The molecule has 2 aromatic rings. The van der Waals surface area contributed by atoms with Crippen molar-refractivity contribution in [3.8, 4) is 23.3 Å². The Morgan fingerprint density at radius 1 is 1.20 bits per heavy atom. The van der Waals surface area contributed by atoms with Crippen molar-refractivity contribution in [1.82, 2.24) is 0 Å². The Morgan fingerprint density at radius 3 is 2.70 bits per heavy atom. The molecule has 3 rings (SSSR count). The van der Waals surface area contributed by atoms with Crippen LogP contribution in [0.25, 0.3) is 0 Å². The van der Waals surface area contributed by atoms with Gasteiger partial charge in [0.2, 0.25) is 0 Å². The van der Waals surface area contributed by atoms with Gasteiger partial charge >= 0.3 is 5.97 Å². The zero-order valence-corrected chi connectivity index (χ0v) is 17.4. The summed E-state index contributed by atoms with van der Waals surface area (Å²) in [5.41, 5.74) is 2.86. The first-order valence-corrected chi connectivity index (χ1v) is 10.3. The van der Waals surface area contributed by atoms with Crippen LogP contribution in [0.5, 0.6) is 17.2 Å². The summed E-state index contributed by atoms with van der Waals surface area (Å²) in [6, 6.07) is 13.1. The first-order valence-electron chi connectivity index (χ1n) is 10.3. The second-order valence-electron chi connectivity index (χ2n) is 7.39. The third-order valence-electron chi connectivity index (χ3n) is 5.59. The van der Waals surface area contributed by atoms with Crippen LogP contribution in [-0.2, 0) is 11.2 Å². The lowest BCUT2D eigenvalue weighted by Crippen LogP contribution is -2.19. The summed E-state index contributed by atoms with van der Waals surface area (Å²) in [4.78, 5) is 11.5. The maximum Gasteiger partial charge on any atom is 0.307 e. The molecule has 2 aromatic carbocycles. The zero-order valence-electron chi connectivity index (χ0n) is 17.4. The smallest absolute Gasteiger partial charge is 0.307 e. The van der Waals surface area contributed by atoms with E-state index in [2.05, 4.69) is 6.07 Å². The summed E-state index contributed by atoms with van der Waals surface area (Å²) in [5.74, 6) is 0.990. The molecule has 30 heavy (non-hydrogen) atoms. The average molecular weight is 409 g/mol. The van der Waals surface area contributed by atoms with E-state index >= 15 is 0 Å². The highest BCUT2D eigenvalue weighted by Crippen LogP contribution is 2.41. The molecule has 0 heterocycles. The lowest BCUT2D eigenvalue weighted by Gasteiger charge is -2.19. The van der Waals surface area contributed by atoms with Gasteiger partial charge in [-0.2, -0.15) is 5.26 Å². The van der Waals surface area contributed by atoms with E-state index < -0.39 is 5.97 Å². The molecule has 158 valence electrons. The predicted molar refractivity (Wildman–Crippen MR) is 112 cm³/mol. The molecule has 0 bridgehead atoms. The van der Waals surface area contributed by atoms with Gasteiger partial charge in [0.1, 0.15) is 5.75 Å². The van der Waals surface area contributed by atoms with Crippen LogP contribution in [0.3, 0.4) is 0 Å². The van der Waals surface area contributed by atoms with E-state index in [9.17, 15) is 9.90 Å². The molecule has 6 nitrogen and oxygen atoms in total. The van der Waals surface area contributed by atoms with Crippen molar-refractivity contribution >= 4 is 5.97 Å². The number of aliphatic carboxylic acids is 1. The summed E-state index contributed by atoms with van der Waals surface area (Å²) in [7, 11) is 1.55. The lowest BCUT2D eigenvalue weighted by molar-refractivity contribution is -0.142. The summed E-state index contributed by atoms with van der Waals surface area (Å²) < 4.78 is 16.9. The number of rotatable bonds is 10. The molecule has 1 N–H and O–H groups in total. The van der Waals surface area contributed by atoms with E-state index in [0.717, 1.165) is 24.2 Å². The maximum absolute atomic E-state index is 11.5. The number of carboxylic acid groups (broad SMARTS) is 1. The molecule has 0 aliphatic heterocycles. The molecule has 6 heteroatoms. The van der Waals surface area contributed by atoms with Gasteiger partial charge in [0.05, 0.1) is 37.9 Å². The molecule has 1 aliphatic carbocycles. The quantitative estimate of drug-likeness (QED) is 0.579. The van der Waals surface area contributed by atoms with Crippen molar-refractivity contribution in [1.29, 1.82) is 5.26 Å². The Kier molecular flexibility index (Phi) is 7.18. The minimum atomic E-state index is -0.713. The first kappa shape index (κ1) is 21.5. The Labute approximate surface area is 177 Å². The number of hydrogen-bond acceptors (Lipinski definition) is 5. The van der Waals surface area contributed by atoms with Crippen LogP contribution in [0, 0.1) is 17.2 Å². The van der Waals surface area contributed by atoms with Gasteiger partial charge in [-0.15, -0.1) is 0 Å². The molecule has 0 saturated carbocycles. The Morgan fingerprint density at radius 2 is 2.00 bits per heavy atom. The van der Waals surface area contributed by atoms with Gasteiger partial charge in [-0.25, -0.2) is 0 Å². The molecule has 0 amide bonds. The van der Waals surface area contributed by atoms with Gasteiger partial charge in [0.25, 0.3) is 0 Å². The fourth-order valence-electron chi connectivity index (χ4n) is 4.05. The maximum atomic E-state index is 11.5.